The number of benzene rings is 1. The molecule has 34 heavy (non-hydrogen) atoms. The molecule has 5 N–H and O–H groups in total. The van der Waals surface area contributed by atoms with Crippen molar-refractivity contribution in [2.45, 2.75) is 50.6 Å². The number of hydrogen-bond acceptors (Lipinski definition) is 5. The van der Waals surface area contributed by atoms with E-state index in [1.54, 1.807) is 25.3 Å². The van der Waals surface area contributed by atoms with Crippen LogP contribution in [0.1, 0.15) is 49.0 Å². The van der Waals surface area contributed by atoms with Crippen LogP contribution in [-0.4, -0.2) is 59.5 Å². The maximum Gasteiger partial charge on any atom is 0.326 e. The molecule has 0 spiro atoms. The van der Waals surface area contributed by atoms with Crippen molar-refractivity contribution in [1.82, 2.24) is 20.9 Å². The molecule has 2 aromatic rings. The number of fused-ring (bicyclic) bond motifs is 1. The van der Waals surface area contributed by atoms with Gasteiger partial charge in [0.05, 0.1) is 7.11 Å². The first kappa shape index (κ1) is 23.6. The Hall–Kier alpha value is -3.56. The molecule has 1 saturated carbocycles. The van der Waals surface area contributed by atoms with Crippen molar-refractivity contribution in [2.75, 3.05) is 13.7 Å². The molecule has 2 aliphatic rings. The number of amides is 3. The van der Waals surface area contributed by atoms with E-state index in [1.165, 1.54) is 0 Å². The van der Waals surface area contributed by atoms with Gasteiger partial charge in [0.25, 0.3) is 5.91 Å². The lowest BCUT2D eigenvalue weighted by atomic mass is 9.91. The minimum atomic E-state index is -1.21. The van der Waals surface area contributed by atoms with Crippen LogP contribution in [0.5, 0.6) is 5.75 Å². The highest BCUT2D eigenvalue weighted by atomic mass is 16.5. The lowest BCUT2D eigenvalue weighted by molar-refractivity contribution is -0.143. The van der Waals surface area contributed by atoms with Gasteiger partial charge in [0.2, 0.25) is 11.8 Å². The first-order valence-electron chi connectivity index (χ1n) is 11.6. The molecule has 1 aromatic carbocycles. The highest BCUT2D eigenvalue weighted by molar-refractivity contribution is 6.01. The summed E-state index contributed by atoms with van der Waals surface area (Å²) in [6.07, 6.45) is 3.72. The zero-order chi connectivity index (χ0) is 24.2. The maximum atomic E-state index is 13.1. The molecule has 0 radical (unpaired) electrons. The Morgan fingerprint density at radius 2 is 1.94 bits per heavy atom. The number of carbonyl (C=O) groups excluding carboxylic acids is 3. The first-order chi connectivity index (χ1) is 16.4. The van der Waals surface area contributed by atoms with Gasteiger partial charge in [-0.05, 0) is 49.8 Å². The van der Waals surface area contributed by atoms with Crippen LogP contribution in [-0.2, 0) is 14.4 Å². The van der Waals surface area contributed by atoms with E-state index in [4.69, 9.17) is 4.74 Å². The van der Waals surface area contributed by atoms with Crippen LogP contribution in [0, 0.1) is 11.8 Å². The number of methoxy groups -OCH3 is 1. The van der Waals surface area contributed by atoms with Crippen molar-refractivity contribution in [3.05, 3.63) is 30.0 Å². The lowest BCUT2D eigenvalue weighted by Crippen LogP contribution is -2.53. The van der Waals surface area contributed by atoms with Crippen molar-refractivity contribution < 1.29 is 29.0 Å². The molecule has 10 nitrogen and oxygen atoms in total. The van der Waals surface area contributed by atoms with Crippen LogP contribution >= 0.6 is 0 Å². The fourth-order valence-corrected chi connectivity index (χ4v) is 4.42. The average Bonchev–Trinajstić information content (AvgIpc) is 3.52. The molecule has 2 fully saturated rings. The Morgan fingerprint density at radius 1 is 1.15 bits per heavy atom. The molecule has 182 valence electrons. The van der Waals surface area contributed by atoms with Crippen LogP contribution in [0.15, 0.2) is 24.3 Å². The molecule has 2 heterocycles. The second kappa shape index (κ2) is 10.1. The summed E-state index contributed by atoms with van der Waals surface area (Å²) in [5, 5.41) is 18.5. The fourth-order valence-electron chi connectivity index (χ4n) is 4.42. The van der Waals surface area contributed by atoms with Crippen LogP contribution in [0.2, 0.25) is 0 Å². The fraction of sp³-hybridized carbons (Fsp3) is 0.500. The number of ether oxygens (including phenoxy) is 1. The Balaban J connectivity index is 1.46. The third kappa shape index (κ3) is 5.49. The highest BCUT2D eigenvalue weighted by Crippen LogP contribution is 2.34. The zero-order valence-corrected chi connectivity index (χ0v) is 19.1. The van der Waals surface area contributed by atoms with E-state index in [0.717, 1.165) is 30.2 Å². The number of piperidine rings is 1. The van der Waals surface area contributed by atoms with Crippen LogP contribution in [0.25, 0.3) is 10.9 Å². The molecule has 1 unspecified atom stereocenters. The van der Waals surface area contributed by atoms with E-state index in [1.807, 2.05) is 6.07 Å². The van der Waals surface area contributed by atoms with Crippen molar-refractivity contribution >= 4 is 34.6 Å². The summed E-state index contributed by atoms with van der Waals surface area (Å²) >= 11 is 0. The predicted molar refractivity (Wildman–Crippen MR) is 123 cm³/mol. The zero-order valence-electron chi connectivity index (χ0n) is 19.1. The quantitative estimate of drug-likeness (QED) is 0.356. The Labute approximate surface area is 196 Å². The SMILES string of the molecule is COc1cccc2[nH]c(C(=O)NC(CC3CC3)C(=O)N[C@@H](C[C@@H]3CCCNC3=O)C(=O)O)cc12. The molecule has 1 aliphatic heterocycles. The topological polar surface area (TPSA) is 150 Å². The second-order valence-corrected chi connectivity index (χ2v) is 9.07. The molecule has 10 heteroatoms. The van der Waals surface area contributed by atoms with Gasteiger partial charge >= 0.3 is 5.97 Å². The molecule has 3 atom stereocenters. The number of carboxylic acid groups (broad SMARTS) is 1. The summed E-state index contributed by atoms with van der Waals surface area (Å²) in [7, 11) is 1.55. The number of carbonyl (C=O) groups is 4. The van der Waals surface area contributed by atoms with Gasteiger partial charge in [-0.15, -0.1) is 0 Å². The minimum absolute atomic E-state index is 0.0127. The van der Waals surface area contributed by atoms with E-state index >= 15 is 0 Å². The van der Waals surface area contributed by atoms with Gasteiger partial charge in [-0.1, -0.05) is 18.9 Å². The van der Waals surface area contributed by atoms with Gasteiger partial charge in [-0.2, -0.15) is 0 Å². The monoisotopic (exact) mass is 470 g/mol. The Morgan fingerprint density at radius 3 is 2.62 bits per heavy atom. The minimum Gasteiger partial charge on any atom is -0.496 e. The first-order valence-corrected chi connectivity index (χ1v) is 11.6. The molecule has 1 aliphatic carbocycles. The Kier molecular flexibility index (Phi) is 7.04. The third-order valence-corrected chi connectivity index (χ3v) is 6.51. The molecule has 1 aromatic heterocycles. The summed E-state index contributed by atoms with van der Waals surface area (Å²) < 4.78 is 5.34. The van der Waals surface area contributed by atoms with E-state index < -0.39 is 35.8 Å². The molecule has 0 bridgehead atoms. The number of carboxylic acids is 1. The molecule has 1 saturated heterocycles. The van der Waals surface area contributed by atoms with Crippen LogP contribution in [0.3, 0.4) is 0 Å². The van der Waals surface area contributed by atoms with Gasteiger partial charge in [-0.3, -0.25) is 14.4 Å². The number of rotatable bonds is 10. The van der Waals surface area contributed by atoms with Crippen molar-refractivity contribution in [2.24, 2.45) is 11.8 Å². The lowest BCUT2D eigenvalue weighted by Gasteiger charge is -2.26. The van der Waals surface area contributed by atoms with Gasteiger partial charge < -0.3 is 30.8 Å². The predicted octanol–water partition coefficient (Wildman–Crippen LogP) is 1.56. The van der Waals surface area contributed by atoms with E-state index in [9.17, 15) is 24.3 Å². The average molecular weight is 471 g/mol. The summed E-state index contributed by atoms with van der Waals surface area (Å²) in [6.45, 7) is 0.578. The number of aliphatic carboxylic acids is 1. The molecular weight excluding hydrogens is 440 g/mol. The largest absolute Gasteiger partial charge is 0.496 e. The molecular formula is C24H30N4O6. The van der Waals surface area contributed by atoms with Gasteiger partial charge in [0, 0.05) is 23.4 Å². The summed E-state index contributed by atoms with van der Waals surface area (Å²) in [5.74, 6) is -1.94. The number of aromatic nitrogens is 1. The second-order valence-electron chi connectivity index (χ2n) is 9.07. The number of H-pyrrole nitrogens is 1. The van der Waals surface area contributed by atoms with Crippen LogP contribution in [0.4, 0.5) is 0 Å². The van der Waals surface area contributed by atoms with Gasteiger partial charge in [-0.25, -0.2) is 4.79 Å². The van der Waals surface area contributed by atoms with Gasteiger partial charge in [0.1, 0.15) is 23.5 Å². The number of nitrogens with one attached hydrogen (secondary N) is 4. The number of aromatic amines is 1. The van der Waals surface area contributed by atoms with E-state index in [0.29, 0.717) is 31.1 Å². The summed E-state index contributed by atoms with van der Waals surface area (Å²) in [6, 6.07) is 4.99. The number of hydrogen-bond donors (Lipinski definition) is 5. The maximum absolute atomic E-state index is 13.1. The van der Waals surface area contributed by atoms with E-state index in [2.05, 4.69) is 20.9 Å². The smallest absolute Gasteiger partial charge is 0.326 e. The van der Waals surface area contributed by atoms with Crippen molar-refractivity contribution in [1.29, 1.82) is 0 Å². The van der Waals surface area contributed by atoms with Crippen molar-refractivity contribution in [3.63, 3.8) is 0 Å². The Bertz CT molecular complexity index is 1090. The van der Waals surface area contributed by atoms with Gasteiger partial charge in [0.15, 0.2) is 0 Å². The molecule has 4 rings (SSSR count). The summed E-state index contributed by atoms with van der Waals surface area (Å²) in [4.78, 5) is 53.0. The normalized spacial score (nSPS) is 19.7. The third-order valence-electron chi connectivity index (χ3n) is 6.51. The van der Waals surface area contributed by atoms with E-state index in [-0.39, 0.29) is 18.0 Å². The summed E-state index contributed by atoms with van der Waals surface area (Å²) in [5.41, 5.74) is 1.01. The molecule has 3 amide bonds. The van der Waals surface area contributed by atoms with Crippen molar-refractivity contribution in [3.8, 4) is 5.75 Å². The van der Waals surface area contributed by atoms with Crippen LogP contribution < -0.4 is 20.7 Å². The standard InChI is InChI=1S/C24H30N4O6/c1-34-20-6-2-5-16-15(20)12-18(26-16)23(31)27-17(10-13-7-8-13)22(30)28-19(24(32)33)11-14-4-3-9-25-21(14)29/h2,5-6,12-14,17,19,26H,3-4,7-11H2,1H3,(H,25,29)(H,27,31)(H,28,30)(H,32,33)/t14-,17?,19-/m0/s1. The highest BCUT2D eigenvalue weighted by Gasteiger charge is 2.35.